The van der Waals surface area contributed by atoms with Crippen molar-refractivity contribution in [1.29, 1.82) is 0 Å². The molecule has 0 saturated heterocycles. The first-order valence-corrected chi connectivity index (χ1v) is 5.71. The minimum Gasteiger partial charge on any atom is -0.496 e. The third-order valence-corrected chi connectivity index (χ3v) is 2.62. The molecule has 1 atom stereocenters. The van der Waals surface area contributed by atoms with Crippen LogP contribution in [0.3, 0.4) is 0 Å². The Morgan fingerprint density at radius 2 is 2.12 bits per heavy atom. The molecule has 0 aliphatic rings. The third-order valence-electron chi connectivity index (χ3n) is 2.62. The van der Waals surface area contributed by atoms with Gasteiger partial charge in [-0.15, -0.1) is 0 Å². The molecule has 0 aliphatic carbocycles. The van der Waals surface area contributed by atoms with Crippen molar-refractivity contribution in [2.24, 2.45) is 0 Å². The Bertz CT molecular complexity index is 341. The lowest BCUT2D eigenvalue weighted by molar-refractivity contribution is 0.161. The fourth-order valence-electron chi connectivity index (χ4n) is 1.64. The topological polar surface area (TPSA) is 50.7 Å². The number of hydrogen-bond donors (Lipinski definition) is 2. The molecule has 0 saturated carbocycles. The number of methoxy groups -OCH3 is 2. The summed E-state index contributed by atoms with van der Waals surface area (Å²) >= 11 is 0. The second-order valence-corrected chi connectivity index (χ2v) is 3.94. The van der Waals surface area contributed by atoms with Crippen molar-refractivity contribution in [3.63, 3.8) is 0 Å². The van der Waals surface area contributed by atoms with E-state index in [1.165, 1.54) is 0 Å². The van der Waals surface area contributed by atoms with Gasteiger partial charge in [-0.3, -0.25) is 0 Å². The molecule has 0 spiro atoms. The Morgan fingerprint density at radius 3 is 2.71 bits per heavy atom. The van der Waals surface area contributed by atoms with Crippen LogP contribution < -0.4 is 10.1 Å². The first-order valence-electron chi connectivity index (χ1n) is 5.71. The van der Waals surface area contributed by atoms with Gasteiger partial charge in [-0.25, -0.2) is 0 Å². The van der Waals surface area contributed by atoms with Crippen LogP contribution in [-0.2, 0) is 4.74 Å². The zero-order valence-corrected chi connectivity index (χ0v) is 10.7. The van der Waals surface area contributed by atoms with Gasteiger partial charge < -0.3 is 19.9 Å². The molecule has 0 radical (unpaired) electrons. The lowest BCUT2D eigenvalue weighted by Crippen LogP contribution is -2.25. The van der Waals surface area contributed by atoms with Crippen molar-refractivity contribution >= 4 is 0 Å². The van der Waals surface area contributed by atoms with Crippen LogP contribution in [0.25, 0.3) is 0 Å². The van der Waals surface area contributed by atoms with Crippen molar-refractivity contribution in [3.05, 3.63) is 29.3 Å². The zero-order chi connectivity index (χ0) is 12.7. The van der Waals surface area contributed by atoms with E-state index in [0.29, 0.717) is 13.2 Å². The molecule has 0 bridgehead atoms. The average Bonchev–Trinajstić information content (AvgIpc) is 2.34. The summed E-state index contributed by atoms with van der Waals surface area (Å²) in [6.45, 7) is 3.87. The number of aryl methyl sites for hydroxylation is 1. The van der Waals surface area contributed by atoms with Gasteiger partial charge in [0.25, 0.3) is 0 Å². The van der Waals surface area contributed by atoms with Crippen LogP contribution in [0, 0.1) is 6.92 Å². The van der Waals surface area contributed by atoms with Crippen LogP contribution in [0.5, 0.6) is 5.75 Å². The summed E-state index contributed by atoms with van der Waals surface area (Å²) in [4.78, 5) is 0. The fraction of sp³-hybridized carbons (Fsp3) is 0.538. The minimum atomic E-state index is -0.503. The monoisotopic (exact) mass is 239 g/mol. The van der Waals surface area contributed by atoms with Crippen molar-refractivity contribution in [2.45, 2.75) is 13.0 Å². The van der Waals surface area contributed by atoms with Crippen LogP contribution in [0.2, 0.25) is 0 Å². The van der Waals surface area contributed by atoms with E-state index in [1.807, 2.05) is 25.1 Å². The Kier molecular flexibility index (Phi) is 5.97. The van der Waals surface area contributed by atoms with Gasteiger partial charge >= 0.3 is 0 Å². The first-order chi connectivity index (χ1) is 8.19. The van der Waals surface area contributed by atoms with Crippen LogP contribution in [0.1, 0.15) is 17.2 Å². The van der Waals surface area contributed by atoms with Crippen LogP contribution in [0.4, 0.5) is 0 Å². The van der Waals surface area contributed by atoms with Gasteiger partial charge in [0.1, 0.15) is 5.75 Å². The molecule has 0 amide bonds. The first kappa shape index (κ1) is 14.0. The van der Waals surface area contributed by atoms with E-state index in [0.717, 1.165) is 23.4 Å². The van der Waals surface area contributed by atoms with E-state index in [-0.39, 0.29) is 0 Å². The molecule has 0 heterocycles. The average molecular weight is 239 g/mol. The van der Waals surface area contributed by atoms with Gasteiger partial charge in [-0.1, -0.05) is 6.07 Å². The molecule has 0 aromatic heterocycles. The molecule has 0 fully saturated rings. The Morgan fingerprint density at radius 1 is 1.35 bits per heavy atom. The predicted molar refractivity (Wildman–Crippen MR) is 67.4 cm³/mol. The predicted octanol–water partition coefficient (Wildman–Crippen LogP) is 1.27. The van der Waals surface area contributed by atoms with E-state index in [9.17, 15) is 5.11 Å². The summed E-state index contributed by atoms with van der Waals surface area (Å²) in [5, 5.41) is 13.1. The van der Waals surface area contributed by atoms with E-state index in [1.54, 1.807) is 14.2 Å². The molecule has 4 heteroatoms. The Labute approximate surface area is 103 Å². The molecule has 2 N–H and O–H groups in total. The third kappa shape index (κ3) is 4.34. The van der Waals surface area contributed by atoms with Gasteiger partial charge in [0.05, 0.1) is 19.8 Å². The summed E-state index contributed by atoms with van der Waals surface area (Å²) in [6, 6.07) is 5.71. The quantitative estimate of drug-likeness (QED) is 0.704. The highest BCUT2D eigenvalue weighted by Gasteiger charge is 2.08. The maximum atomic E-state index is 9.96. The highest BCUT2D eigenvalue weighted by molar-refractivity contribution is 5.37. The lowest BCUT2D eigenvalue weighted by atomic mass is 10.1. The van der Waals surface area contributed by atoms with E-state index >= 15 is 0 Å². The zero-order valence-electron chi connectivity index (χ0n) is 10.7. The molecular weight excluding hydrogens is 218 g/mol. The molecule has 96 valence electrons. The number of aliphatic hydroxyl groups is 1. The summed E-state index contributed by atoms with van der Waals surface area (Å²) in [5.74, 6) is 0.841. The summed E-state index contributed by atoms with van der Waals surface area (Å²) in [6.07, 6.45) is -0.503. The fourth-order valence-corrected chi connectivity index (χ4v) is 1.64. The standard InChI is InChI=1S/C13H21NO3/c1-10-8-11(4-5-13(10)17-3)12(15)9-14-6-7-16-2/h4-5,8,12,14-15H,6-7,9H2,1-3H3. The number of benzene rings is 1. The SMILES string of the molecule is COCCNCC(O)c1ccc(OC)c(C)c1. The van der Waals surface area contributed by atoms with Gasteiger partial charge in [0.15, 0.2) is 0 Å². The Balaban J connectivity index is 2.51. The second kappa shape index (κ2) is 7.27. The van der Waals surface area contributed by atoms with Crippen LogP contribution >= 0.6 is 0 Å². The second-order valence-electron chi connectivity index (χ2n) is 3.94. The number of nitrogens with one attached hydrogen (secondary N) is 1. The van der Waals surface area contributed by atoms with Gasteiger partial charge in [0.2, 0.25) is 0 Å². The van der Waals surface area contributed by atoms with E-state index in [2.05, 4.69) is 5.32 Å². The smallest absolute Gasteiger partial charge is 0.121 e. The molecule has 0 aliphatic heterocycles. The minimum absolute atomic E-state index is 0.503. The van der Waals surface area contributed by atoms with Crippen molar-refractivity contribution in [3.8, 4) is 5.75 Å². The van der Waals surface area contributed by atoms with Crippen molar-refractivity contribution < 1.29 is 14.6 Å². The Hall–Kier alpha value is -1.10. The molecule has 17 heavy (non-hydrogen) atoms. The van der Waals surface area contributed by atoms with Crippen LogP contribution in [-0.4, -0.2) is 39.0 Å². The van der Waals surface area contributed by atoms with E-state index in [4.69, 9.17) is 9.47 Å². The van der Waals surface area contributed by atoms with Gasteiger partial charge in [-0.2, -0.15) is 0 Å². The molecule has 1 aromatic carbocycles. The lowest BCUT2D eigenvalue weighted by Gasteiger charge is -2.14. The van der Waals surface area contributed by atoms with Gasteiger partial charge in [-0.05, 0) is 30.2 Å². The number of aliphatic hydroxyl groups excluding tert-OH is 1. The summed E-state index contributed by atoms with van der Waals surface area (Å²) < 4.78 is 10.1. The normalized spacial score (nSPS) is 12.5. The summed E-state index contributed by atoms with van der Waals surface area (Å²) in [5.41, 5.74) is 1.93. The largest absolute Gasteiger partial charge is 0.496 e. The molecule has 1 unspecified atom stereocenters. The highest BCUT2D eigenvalue weighted by atomic mass is 16.5. The maximum Gasteiger partial charge on any atom is 0.121 e. The number of ether oxygens (including phenoxy) is 2. The molecule has 1 rings (SSSR count). The molecule has 4 nitrogen and oxygen atoms in total. The van der Waals surface area contributed by atoms with Gasteiger partial charge in [0, 0.05) is 20.2 Å². The van der Waals surface area contributed by atoms with E-state index < -0.39 is 6.10 Å². The van der Waals surface area contributed by atoms with Crippen molar-refractivity contribution in [1.82, 2.24) is 5.32 Å². The number of hydrogen-bond acceptors (Lipinski definition) is 4. The number of rotatable bonds is 7. The summed E-state index contributed by atoms with van der Waals surface area (Å²) in [7, 11) is 3.30. The highest BCUT2D eigenvalue weighted by Crippen LogP contribution is 2.22. The molecular formula is C13H21NO3. The van der Waals surface area contributed by atoms with Crippen molar-refractivity contribution in [2.75, 3.05) is 33.9 Å². The van der Waals surface area contributed by atoms with Crippen LogP contribution in [0.15, 0.2) is 18.2 Å². The maximum absolute atomic E-state index is 9.96. The molecule has 1 aromatic rings.